The van der Waals surface area contributed by atoms with Crippen LogP contribution in [0, 0.1) is 18.6 Å². The largest absolute Gasteiger partial charge is 0.494 e. The minimum Gasteiger partial charge on any atom is -0.494 e. The molecule has 2 aliphatic rings. The van der Waals surface area contributed by atoms with Crippen LogP contribution in [-0.4, -0.2) is 30.5 Å². The van der Waals surface area contributed by atoms with Crippen LogP contribution in [-0.2, 0) is 4.74 Å². The molecule has 7 nitrogen and oxygen atoms in total. The van der Waals surface area contributed by atoms with Crippen molar-refractivity contribution in [2.75, 3.05) is 25.3 Å². The topological polar surface area (TPSA) is 89.2 Å². The highest BCUT2D eigenvalue weighted by atomic mass is 19.1. The average molecular weight is 443 g/mol. The molecule has 4 N–H and O–H groups in total. The highest BCUT2D eigenvalue weighted by Crippen LogP contribution is 2.38. The third-order valence-electron chi connectivity index (χ3n) is 5.38. The van der Waals surface area contributed by atoms with E-state index in [1.165, 1.54) is 31.5 Å². The van der Waals surface area contributed by atoms with Crippen LogP contribution in [0.1, 0.15) is 17.4 Å². The standard InChI is InChI=1S/C23H23F2N3O4/c1-12-14(26)5-4-6-15(12)27-19-9-13-7-8-28(11-18(13)32-19)23(29)20-21(24)16(30-2)10-17(31-3)22(20)25/h4-11,19,23,27,29H,26H2,1-3H3. The van der Waals surface area contributed by atoms with Crippen molar-refractivity contribution >= 4 is 11.4 Å². The Morgan fingerprint density at radius 2 is 1.88 bits per heavy atom. The highest BCUT2D eigenvalue weighted by Gasteiger charge is 2.31. The van der Waals surface area contributed by atoms with E-state index in [0.717, 1.165) is 22.9 Å². The third-order valence-corrected chi connectivity index (χ3v) is 5.38. The second kappa shape index (κ2) is 8.43. The zero-order chi connectivity index (χ0) is 23.0. The molecule has 2 aromatic carbocycles. The molecule has 0 bridgehead atoms. The van der Waals surface area contributed by atoms with Crippen LogP contribution in [0.3, 0.4) is 0 Å². The van der Waals surface area contributed by atoms with E-state index < -0.39 is 29.7 Å². The van der Waals surface area contributed by atoms with Gasteiger partial charge < -0.3 is 35.3 Å². The smallest absolute Gasteiger partial charge is 0.190 e. The first-order chi connectivity index (χ1) is 15.3. The monoisotopic (exact) mass is 443 g/mol. The summed E-state index contributed by atoms with van der Waals surface area (Å²) in [6, 6.07) is 6.62. The molecule has 0 saturated heterocycles. The van der Waals surface area contributed by atoms with Gasteiger partial charge in [0.15, 0.2) is 35.6 Å². The minimum absolute atomic E-state index is 0.245. The molecule has 2 aromatic rings. The van der Waals surface area contributed by atoms with E-state index in [1.54, 1.807) is 6.08 Å². The molecule has 2 unspecified atom stereocenters. The lowest BCUT2D eigenvalue weighted by atomic mass is 10.1. The molecule has 2 heterocycles. The number of hydrogen-bond acceptors (Lipinski definition) is 7. The molecule has 168 valence electrons. The Morgan fingerprint density at radius 1 is 1.19 bits per heavy atom. The number of nitrogens with two attached hydrogens (primary N) is 1. The van der Waals surface area contributed by atoms with Gasteiger partial charge in [0.2, 0.25) is 0 Å². The minimum atomic E-state index is -1.68. The number of nitrogen functional groups attached to an aromatic ring is 1. The molecular formula is C23H23F2N3O4. The van der Waals surface area contributed by atoms with Gasteiger partial charge in [0.25, 0.3) is 0 Å². The van der Waals surface area contributed by atoms with Gasteiger partial charge in [-0.1, -0.05) is 6.07 Å². The average Bonchev–Trinajstić information content (AvgIpc) is 3.18. The van der Waals surface area contributed by atoms with Crippen LogP contribution in [0.25, 0.3) is 0 Å². The molecule has 9 heteroatoms. The van der Waals surface area contributed by atoms with E-state index in [0.29, 0.717) is 11.4 Å². The van der Waals surface area contributed by atoms with E-state index in [2.05, 4.69) is 5.32 Å². The quantitative estimate of drug-likeness (QED) is 0.583. The SMILES string of the molecule is COc1cc(OC)c(F)c(C(O)N2C=CC3=CC(Nc4cccc(N)c4C)OC3=C2)c1F. The zero-order valence-electron chi connectivity index (χ0n) is 17.7. The van der Waals surface area contributed by atoms with Gasteiger partial charge in [0.1, 0.15) is 5.76 Å². The highest BCUT2D eigenvalue weighted by molar-refractivity contribution is 5.63. The summed E-state index contributed by atoms with van der Waals surface area (Å²) >= 11 is 0. The van der Waals surface area contributed by atoms with Crippen LogP contribution in [0.2, 0.25) is 0 Å². The third kappa shape index (κ3) is 3.71. The number of aliphatic hydroxyl groups is 1. The predicted octanol–water partition coefficient (Wildman–Crippen LogP) is 3.93. The molecule has 0 spiro atoms. The van der Waals surface area contributed by atoms with Crippen molar-refractivity contribution in [1.29, 1.82) is 0 Å². The van der Waals surface area contributed by atoms with Crippen molar-refractivity contribution in [2.24, 2.45) is 0 Å². The van der Waals surface area contributed by atoms with Crippen LogP contribution in [0.4, 0.5) is 20.2 Å². The van der Waals surface area contributed by atoms with Crippen molar-refractivity contribution in [3.05, 3.63) is 82.9 Å². The Kier molecular flexibility index (Phi) is 5.67. The summed E-state index contributed by atoms with van der Waals surface area (Å²) in [4.78, 5) is 1.24. The number of ether oxygens (including phenoxy) is 3. The number of rotatable bonds is 6. The summed E-state index contributed by atoms with van der Waals surface area (Å²) in [5.41, 5.74) is 8.48. The van der Waals surface area contributed by atoms with Gasteiger partial charge in [-0.05, 0) is 36.8 Å². The van der Waals surface area contributed by atoms with E-state index in [1.807, 2.05) is 31.2 Å². The molecule has 0 saturated carbocycles. The Hall–Kier alpha value is -3.72. The van der Waals surface area contributed by atoms with E-state index in [9.17, 15) is 13.9 Å². The molecule has 0 aromatic heterocycles. The molecule has 2 aliphatic heterocycles. The molecule has 0 aliphatic carbocycles. The fourth-order valence-electron chi connectivity index (χ4n) is 3.54. The first-order valence-electron chi connectivity index (χ1n) is 9.80. The Labute approximate surface area is 184 Å². The summed E-state index contributed by atoms with van der Waals surface area (Å²) in [5.74, 6) is -2.09. The maximum Gasteiger partial charge on any atom is 0.190 e. The lowest BCUT2D eigenvalue weighted by Crippen LogP contribution is -2.23. The van der Waals surface area contributed by atoms with E-state index >= 15 is 0 Å². The number of nitrogens with zero attached hydrogens (tertiary/aromatic N) is 1. The molecule has 4 rings (SSSR count). The van der Waals surface area contributed by atoms with Gasteiger partial charge in [-0.15, -0.1) is 0 Å². The Balaban J connectivity index is 1.58. The number of fused-ring (bicyclic) bond motifs is 1. The van der Waals surface area contributed by atoms with Crippen molar-refractivity contribution < 1.29 is 28.1 Å². The Bertz CT molecular complexity index is 1120. The number of aliphatic hydroxyl groups excluding tert-OH is 1. The molecular weight excluding hydrogens is 420 g/mol. The first-order valence-corrected chi connectivity index (χ1v) is 9.80. The van der Waals surface area contributed by atoms with Gasteiger partial charge in [-0.25, -0.2) is 8.78 Å². The normalized spacial score (nSPS) is 17.8. The molecule has 2 atom stereocenters. The second-order valence-corrected chi connectivity index (χ2v) is 7.28. The summed E-state index contributed by atoms with van der Waals surface area (Å²) < 4.78 is 45.4. The number of benzene rings is 2. The van der Waals surface area contributed by atoms with Gasteiger partial charge in [0, 0.05) is 35.4 Å². The predicted molar refractivity (Wildman–Crippen MR) is 116 cm³/mol. The van der Waals surface area contributed by atoms with Crippen molar-refractivity contribution in [1.82, 2.24) is 4.90 Å². The van der Waals surface area contributed by atoms with E-state index in [-0.39, 0.29) is 11.5 Å². The molecule has 0 amide bonds. The number of halogens is 2. The molecule has 32 heavy (non-hydrogen) atoms. The van der Waals surface area contributed by atoms with Crippen LogP contribution >= 0.6 is 0 Å². The molecule has 0 fully saturated rings. The summed E-state index contributed by atoms with van der Waals surface area (Å²) in [7, 11) is 2.49. The lowest BCUT2D eigenvalue weighted by molar-refractivity contribution is 0.0549. The van der Waals surface area contributed by atoms with Crippen LogP contribution in [0.5, 0.6) is 11.5 Å². The molecule has 0 radical (unpaired) electrons. The van der Waals surface area contributed by atoms with E-state index in [4.69, 9.17) is 19.9 Å². The summed E-state index contributed by atoms with van der Waals surface area (Å²) in [5, 5.41) is 14.0. The van der Waals surface area contributed by atoms with Crippen LogP contribution in [0.15, 0.2) is 60.1 Å². The second-order valence-electron chi connectivity index (χ2n) is 7.28. The van der Waals surface area contributed by atoms with Gasteiger partial charge >= 0.3 is 0 Å². The van der Waals surface area contributed by atoms with Crippen molar-refractivity contribution in [3.63, 3.8) is 0 Å². The van der Waals surface area contributed by atoms with Crippen molar-refractivity contribution in [3.8, 4) is 11.5 Å². The maximum absolute atomic E-state index is 14.8. The number of methoxy groups -OCH3 is 2. The summed E-state index contributed by atoms with van der Waals surface area (Å²) in [6.07, 6.45) is 4.33. The van der Waals surface area contributed by atoms with Gasteiger partial charge in [-0.3, -0.25) is 0 Å². The fourth-order valence-corrected chi connectivity index (χ4v) is 3.54. The number of allylic oxidation sites excluding steroid dienone is 1. The zero-order valence-corrected chi connectivity index (χ0v) is 17.7. The maximum atomic E-state index is 14.8. The van der Waals surface area contributed by atoms with Gasteiger partial charge in [0.05, 0.1) is 19.8 Å². The Morgan fingerprint density at radius 3 is 2.53 bits per heavy atom. The number of hydrogen-bond donors (Lipinski definition) is 3. The lowest BCUT2D eigenvalue weighted by Gasteiger charge is -2.27. The van der Waals surface area contributed by atoms with Gasteiger partial charge in [-0.2, -0.15) is 0 Å². The fraction of sp³-hybridized carbons (Fsp3) is 0.217. The number of anilines is 2. The van der Waals surface area contributed by atoms with Crippen molar-refractivity contribution in [2.45, 2.75) is 19.4 Å². The number of nitrogens with one attached hydrogen (secondary N) is 1. The summed E-state index contributed by atoms with van der Waals surface area (Å²) in [6.45, 7) is 1.90. The van der Waals surface area contributed by atoms with Crippen LogP contribution < -0.4 is 20.5 Å². The first kappa shape index (κ1) is 21.5.